The number of fused-ring (bicyclic) bond motifs is 1. The summed E-state index contributed by atoms with van der Waals surface area (Å²) in [6.07, 6.45) is 6.75. The van der Waals surface area contributed by atoms with Crippen LogP contribution < -0.4 is 10.6 Å². The number of hydrogen-bond acceptors (Lipinski definition) is 8. The molecule has 3 aliphatic rings. The Balaban J connectivity index is 1.21. The van der Waals surface area contributed by atoms with E-state index in [0.29, 0.717) is 33.4 Å². The molecule has 60 heavy (non-hydrogen) atoms. The zero-order chi connectivity index (χ0) is 41.7. The van der Waals surface area contributed by atoms with Gasteiger partial charge in [-0.25, -0.2) is 19.2 Å². The first kappa shape index (κ1) is 38.5. The van der Waals surface area contributed by atoms with Crippen LogP contribution >= 0.6 is 0 Å². The number of pyridine rings is 2. The SMILES string of the molecule is CCOC(=O)C12NC(=O)N3Cc4c(C#Cc5ccc(C#Cc6ccncc6)cc5)ccc(C#Cc5ccc(C#Cc6ccncc6)cc5)c4CN(C(=O)N1)C32C(=O)OCC. The third kappa shape index (κ3) is 7.00. The molecular formula is C48H34N6O6. The van der Waals surface area contributed by atoms with Gasteiger partial charge in [-0.3, -0.25) is 19.8 Å². The van der Waals surface area contributed by atoms with Crippen molar-refractivity contribution in [2.45, 2.75) is 38.3 Å². The van der Waals surface area contributed by atoms with Gasteiger partial charge < -0.3 is 20.1 Å². The van der Waals surface area contributed by atoms with Crippen molar-refractivity contribution >= 4 is 24.0 Å². The molecule has 5 heterocycles. The number of urea groups is 2. The predicted molar refractivity (Wildman–Crippen MR) is 219 cm³/mol. The molecule has 0 spiro atoms. The number of rotatable bonds is 4. The lowest BCUT2D eigenvalue weighted by Gasteiger charge is -2.40. The molecule has 12 nitrogen and oxygen atoms in total. The van der Waals surface area contributed by atoms with Crippen LogP contribution in [0.3, 0.4) is 0 Å². The summed E-state index contributed by atoms with van der Waals surface area (Å²) in [5, 5.41) is 5.18. The van der Waals surface area contributed by atoms with E-state index in [1.54, 1.807) is 50.8 Å². The van der Waals surface area contributed by atoms with E-state index in [1.807, 2.05) is 72.8 Å². The Morgan fingerprint density at radius 3 is 1.23 bits per heavy atom. The van der Waals surface area contributed by atoms with E-state index in [1.165, 1.54) is 0 Å². The van der Waals surface area contributed by atoms with Gasteiger partial charge in [-0.2, -0.15) is 0 Å². The van der Waals surface area contributed by atoms with Gasteiger partial charge in [0.15, 0.2) is 0 Å². The molecule has 0 aliphatic carbocycles. The molecule has 0 unspecified atom stereocenters. The molecule has 5 aromatic rings. The first-order valence-corrected chi connectivity index (χ1v) is 19.0. The maximum absolute atomic E-state index is 14.3. The molecule has 2 aromatic heterocycles. The highest BCUT2D eigenvalue weighted by atomic mass is 16.5. The third-order valence-corrected chi connectivity index (χ3v) is 10.1. The van der Waals surface area contributed by atoms with Crippen LogP contribution in [-0.2, 0) is 32.2 Å². The Kier molecular flexibility index (Phi) is 10.5. The summed E-state index contributed by atoms with van der Waals surface area (Å²) in [6.45, 7) is 2.54. The fraction of sp³-hybridized carbons (Fsp3) is 0.167. The number of hydrogen-bond donors (Lipinski definition) is 2. The summed E-state index contributed by atoms with van der Waals surface area (Å²) in [5.74, 6) is 23.4. The lowest BCUT2D eigenvalue weighted by atomic mass is 9.93. The van der Waals surface area contributed by atoms with Gasteiger partial charge in [-0.15, -0.1) is 0 Å². The van der Waals surface area contributed by atoms with Gasteiger partial charge in [0.1, 0.15) is 0 Å². The average molecular weight is 791 g/mol. The van der Waals surface area contributed by atoms with Crippen LogP contribution in [0.5, 0.6) is 0 Å². The summed E-state index contributed by atoms with van der Waals surface area (Å²) < 4.78 is 10.9. The van der Waals surface area contributed by atoms with Gasteiger partial charge in [0.05, 0.1) is 26.3 Å². The van der Waals surface area contributed by atoms with E-state index in [0.717, 1.165) is 32.1 Å². The molecule has 2 fully saturated rings. The lowest BCUT2D eigenvalue weighted by molar-refractivity contribution is -0.178. The predicted octanol–water partition coefficient (Wildman–Crippen LogP) is 4.66. The molecular weight excluding hydrogens is 757 g/mol. The van der Waals surface area contributed by atoms with Crippen molar-refractivity contribution in [3.8, 4) is 47.4 Å². The van der Waals surface area contributed by atoms with Crippen molar-refractivity contribution in [1.29, 1.82) is 0 Å². The molecule has 3 aromatic carbocycles. The maximum atomic E-state index is 14.3. The lowest BCUT2D eigenvalue weighted by Crippen LogP contribution is -2.74. The second kappa shape index (κ2) is 16.3. The average Bonchev–Trinajstić information content (AvgIpc) is 3.57. The Morgan fingerprint density at radius 2 is 0.867 bits per heavy atom. The molecule has 2 saturated heterocycles. The van der Waals surface area contributed by atoms with Crippen LogP contribution in [-0.4, -0.2) is 68.3 Å². The van der Waals surface area contributed by atoms with Crippen LogP contribution in [0.1, 0.15) is 69.5 Å². The molecule has 292 valence electrons. The monoisotopic (exact) mass is 790 g/mol. The Labute approximate surface area is 346 Å². The molecule has 0 saturated carbocycles. The van der Waals surface area contributed by atoms with Crippen molar-refractivity contribution in [1.82, 2.24) is 30.4 Å². The molecule has 0 atom stereocenters. The van der Waals surface area contributed by atoms with Gasteiger partial charge >= 0.3 is 24.0 Å². The number of nitrogens with one attached hydrogen (secondary N) is 2. The summed E-state index contributed by atoms with van der Waals surface area (Å²) in [7, 11) is 0. The van der Waals surface area contributed by atoms with Crippen molar-refractivity contribution in [2.24, 2.45) is 0 Å². The highest BCUT2D eigenvalue weighted by Crippen LogP contribution is 2.47. The number of nitrogens with zero attached hydrogens (tertiary/aromatic N) is 4. The van der Waals surface area contributed by atoms with Crippen LogP contribution in [0.25, 0.3) is 0 Å². The number of esters is 2. The number of benzene rings is 3. The summed E-state index contributed by atoms with van der Waals surface area (Å²) >= 11 is 0. The highest BCUT2D eigenvalue weighted by molar-refractivity contribution is 6.09. The zero-order valence-corrected chi connectivity index (χ0v) is 32.5. The second-order valence-electron chi connectivity index (χ2n) is 13.6. The smallest absolute Gasteiger partial charge is 0.358 e. The van der Waals surface area contributed by atoms with Gasteiger partial charge in [0.25, 0.3) is 11.3 Å². The fourth-order valence-corrected chi connectivity index (χ4v) is 7.28. The normalized spacial score (nSPS) is 17.8. The van der Waals surface area contributed by atoms with Gasteiger partial charge in [0, 0.05) is 69.3 Å². The molecule has 0 radical (unpaired) electrons. The quantitative estimate of drug-likeness (QED) is 0.198. The maximum Gasteiger partial charge on any atom is 0.358 e. The Bertz CT molecular complexity index is 2630. The van der Waals surface area contributed by atoms with E-state index >= 15 is 0 Å². The van der Waals surface area contributed by atoms with E-state index in [4.69, 9.17) is 9.47 Å². The van der Waals surface area contributed by atoms with E-state index in [-0.39, 0.29) is 26.3 Å². The number of carbonyl (C=O) groups excluding carboxylic acids is 4. The first-order valence-electron chi connectivity index (χ1n) is 19.0. The Hall–Kier alpha value is -8.32. The van der Waals surface area contributed by atoms with Crippen molar-refractivity contribution in [2.75, 3.05) is 13.2 Å². The zero-order valence-electron chi connectivity index (χ0n) is 32.5. The minimum atomic E-state index is -2.31. The standard InChI is InChI=1S/C48H34N6O6/c1-3-59-43(55)47-48(44(56)60-4-2)53(45(57)51-47)31-41-39(19-17-35-9-5-33(6-10-35)13-15-37-23-27-49-28-24-37)21-22-40(42(41)32-54(48)46(58)52-47)20-18-36-11-7-34(8-12-36)14-16-38-25-29-50-30-26-38/h5-12,21-30H,3-4,31-32H2,1-2H3,(H,51,57)(H,52,58). The van der Waals surface area contributed by atoms with Gasteiger partial charge in [0.2, 0.25) is 0 Å². The number of amides is 4. The van der Waals surface area contributed by atoms with E-state index in [2.05, 4.69) is 68.0 Å². The van der Waals surface area contributed by atoms with Crippen LogP contribution in [0.2, 0.25) is 0 Å². The first-order chi connectivity index (χ1) is 29.2. The van der Waals surface area contributed by atoms with Crippen molar-refractivity contribution in [3.63, 3.8) is 0 Å². The molecule has 3 aliphatic heterocycles. The minimum absolute atomic E-state index is 0.0818. The van der Waals surface area contributed by atoms with E-state index < -0.39 is 35.3 Å². The topological polar surface area (TPSA) is 143 Å². The van der Waals surface area contributed by atoms with Gasteiger partial charge in [-0.1, -0.05) is 47.4 Å². The van der Waals surface area contributed by atoms with Crippen molar-refractivity contribution < 1.29 is 28.7 Å². The summed E-state index contributed by atoms with van der Waals surface area (Å²) in [5.41, 5.74) is 2.21. The Morgan fingerprint density at radius 1 is 0.533 bits per heavy atom. The highest BCUT2D eigenvalue weighted by Gasteiger charge is 2.82. The number of carbonyl (C=O) groups is 4. The largest absolute Gasteiger partial charge is 0.463 e. The second-order valence-corrected chi connectivity index (χ2v) is 13.6. The molecule has 0 bridgehead atoms. The summed E-state index contributed by atoms with van der Waals surface area (Å²) in [4.78, 5) is 66.5. The molecule has 8 rings (SSSR count). The number of aromatic nitrogens is 2. The van der Waals surface area contributed by atoms with E-state index in [9.17, 15) is 19.2 Å². The third-order valence-electron chi connectivity index (χ3n) is 10.1. The fourth-order valence-electron chi connectivity index (χ4n) is 7.28. The molecule has 12 heteroatoms. The van der Waals surface area contributed by atoms with Crippen LogP contribution in [0.4, 0.5) is 9.59 Å². The van der Waals surface area contributed by atoms with Crippen LogP contribution in [0.15, 0.2) is 110 Å². The number of ether oxygens (including phenoxy) is 2. The van der Waals surface area contributed by atoms with Gasteiger partial charge in [-0.05, 0) is 110 Å². The minimum Gasteiger partial charge on any atom is -0.463 e. The van der Waals surface area contributed by atoms with Crippen LogP contribution in [0, 0.1) is 47.4 Å². The van der Waals surface area contributed by atoms with Crippen molar-refractivity contribution in [3.05, 3.63) is 165 Å². The molecule has 4 amide bonds. The molecule has 2 N–H and O–H groups in total. The summed E-state index contributed by atoms with van der Waals surface area (Å²) in [6, 6.07) is 24.3.